The molecule has 5 nitrogen and oxygen atoms in total. The van der Waals surface area contributed by atoms with Gasteiger partial charge in [-0.25, -0.2) is 0 Å². The van der Waals surface area contributed by atoms with Crippen LogP contribution in [0.25, 0.3) is 0 Å². The van der Waals surface area contributed by atoms with Crippen LogP contribution in [0.1, 0.15) is 28.9 Å². The van der Waals surface area contributed by atoms with Gasteiger partial charge in [-0.3, -0.25) is 4.79 Å². The number of H-pyrrole nitrogens is 1. The van der Waals surface area contributed by atoms with Crippen LogP contribution in [0.4, 0.5) is 0 Å². The molecule has 1 unspecified atom stereocenters. The second-order valence-electron chi connectivity index (χ2n) is 4.84. The summed E-state index contributed by atoms with van der Waals surface area (Å²) in [4.78, 5) is 14.2. The summed E-state index contributed by atoms with van der Waals surface area (Å²) in [7, 11) is 0. The molecule has 0 radical (unpaired) electrons. The topological polar surface area (TPSA) is 61.9 Å². The molecule has 0 bridgehead atoms. The van der Waals surface area contributed by atoms with Crippen molar-refractivity contribution < 1.29 is 4.79 Å². The van der Waals surface area contributed by atoms with Crippen molar-refractivity contribution in [3.63, 3.8) is 0 Å². The van der Waals surface area contributed by atoms with E-state index in [1.807, 2.05) is 23.1 Å². The minimum Gasteiger partial charge on any atom is -0.334 e. The van der Waals surface area contributed by atoms with Gasteiger partial charge in [0.25, 0.3) is 5.91 Å². The van der Waals surface area contributed by atoms with Crippen LogP contribution in [0.15, 0.2) is 36.5 Å². The van der Waals surface area contributed by atoms with E-state index in [2.05, 4.69) is 27.5 Å². The minimum absolute atomic E-state index is 0.0211. The van der Waals surface area contributed by atoms with E-state index in [9.17, 15) is 4.79 Å². The molecule has 0 saturated carbocycles. The van der Waals surface area contributed by atoms with Crippen LogP contribution < -0.4 is 0 Å². The number of amides is 1. The highest BCUT2D eigenvalue weighted by Crippen LogP contribution is 2.22. The van der Waals surface area contributed by atoms with Crippen molar-refractivity contribution in [3.05, 3.63) is 47.8 Å². The van der Waals surface area contributed by atoms with E-state index < -0.39 is 0 Å². The summed E-state index contributed by atoms with van der Waals surface area (Å²) in [6.45, 7) is 0.809. The molecule has 19 heavy (non-hydrogen) atoms. The molecule has 0 aliphatic carbocycles. The van der Waals surface area contributed by atoms with Crippen LogP contribution in [0, 0.1) is 0 Å². The minimum atomic E-state index is -0.0211. The Hall–Kier alpha value is -2.17. The summed E-state index contributed by atoms with van der Waals surface area (Å²) in [6, 6.07) is 10.6. The lowest BCUT2D eigenvalue weighted by Crippen LogP contribution is -2.37. The standard InChI is InChI=1S/C14H16N4O/c19-14(13-10-15-17-16-13)18-8-4-7-12(18)9-11-5-2-1-3-6-11/h1-3,5-6,10,12H,4,7-9H2,(H,15,16,17). The zero-order valence-corrected chi connectivity index (χ0v) is 10.6. The Labute approximate surface area is 111 Å². The first-order chi connectivity index (χ1) is 9.34. The third-order valence-electron chi connectivity index (χ3n) is 3.59. The van der Waals surface area contributed by atoms with Gasteiger partial charge in [0.1, 0.15) is 0 Å². The molecule has 1 aliphatic rings. The van der Waals surface area contributed by atoms with Crippen molar-refractivity contribution in [1.29, 1.82) is 0 Å². The van der Waals surface area contributed by atoms with Gasteiger partial charge < -0.3 is 4.90 Å². The molecule has 3 rings (SSSR count). The highest BCUT2D eigenvalue weighted by molar-refractivity contribution is 5.92. The number of nitrogens with zero attached hydrogens (tertiary/aromatic N) is 3. The lowest BCUT2D eigenvalue weighted by Gasteiger charge is -2.23. The monoisotopic (exact) mass is 256 g/mol. The number of hydrogen-bond donors (Lipinski definition) is 1. The lowest BCUT2D eigenvalue weighted by atomic mass is 10.0. The smallest absolute Gasteiger partial charge is 0.276 e. The summed E-state index contributed by atoms with van der Waals surface area (Å²) < 4.78 is 0. The van der Waals surface area contributed by atoms with Crippen molar-refractivity contribution in [2.75, 3.05) is 6.54 Å². The Morgan fingerprint density at radius 1 is 1.37 bits per heavy atom. The van der Waals surface area contributed by atoms with Crippen molar-refractivity contribution in [1.82, 2.24) is 20.3 Å². The van der Waals surface area contributed by atoms with E-state index in [0.717, 1.165) is 25.8 Å². The lowest BCUT2D eigenvalue weighted by molar-refractivity contribution is 0.0730. The highest BCUT2D eigenvalue weighted by atomic mass is 16.2. The Balaban J connectivity index is 1.73. The second kappa shape index (κ2) is 5.22. The van der Waals surface area contributed by atoms with Gasteiger partial charge in [0.2, 0.25) is 0 Å². The summed E-state index contributed by atoms with van der Waals surface area (Å²) in [5.74, 6) is -0.0211. The number of nitrogens with one attached hydrogen (secondary N) is 1. The van der Waals surface area contributed by atoms with Gasteiger partial charge in [-0.05, 0) is 24.8 Å². The average molecular weight is 256 g/mol. The normalized spacial score (nSPS) is 18.7. The first-order valence-corrected chi connectivity index (χ1v) is 6.55. The molecule has 1 aromatic heterocycles. The Kier molecular flexibility index (Phi) is 3.27. The molecule has 1 aliphatic heterocycles. The van der Waals surface area contributed by atoms with Gasteiger partial charge in [0, 0.05) is 12.6 Å². The molecule has 5 heteroatoms. The van der Waals surface area contributed by atoms with Gasteiger partial charge >= 0.3 is 0 Å². The van der Waals surface area contributed by atoms with E-state index in [0.29, 0.717) is 5.69 Å². The van der Waals surface area contributed by atoms with Crippen LogP contribution in [0.5, 0.6) is 0 Å². The van der Waals surface area contributed by atoms with E-state index in [4.69, 9.17) is 0 Å². The summed E-state index contributed by atoms with van der Waals surface area (Å²) >= 11 is 0. The molecule has 1 saturated heterocycles. The predicted octanol–water partition coefficient (Wildman–Crippen LogP) is 1.65. The van der Waals surface area contributed by atoms with Crippen LogP contribution >= 0.6 is 0 Å². The van der Waals surface area contributed by atoms with Crippen molar-refractivity contribution in [2.24, 2.45) is 0 Å². The van der Waals surface area contributed by atoms with Gasteiger partial charge in [0.15, 0.2) is 5.69 Å². The third-order valence-corrected chi connectivity index (χ3v) is 3.59. The first kappa shape index (κ1) is 11.9. The quantitative estimate of drug-likeness (QED) is 0.908. The zero-order valence-electron chi connectivity index (χ0n) is 10.6. The van der Waals surface area contributed by atoms with Crippen LogP contribution in [0.2, 0.25) is 0 Å². The molecule has 1 atom stereocenters. The third kappa shape index (κ3) is 2.50. The van der Waals surface area contributed by atoms with E-state index in [1.165, 1.54) is 11.8 Å². The Bertz CT molecular complexity index is 538. The maximum atomic E-state index is 12.3. The fraction of sp³-hybridized carbons (Fsp3) is 0.357. The number of rotatable bonds is 3. The van der Waals surface area contributed by atoms with Gasteiger partial charge in [-0.1, -0.05) is 30.3 Å². The van der Waals surface area contributed by atoms with Gasteiger partial charge in [-0.2, -0.15) is 15.4 Å². The average Bonchev–Trinajstić information content (AvgIpc) is 3.10. The molecule has 2 aromatic rings. The van der Waals surface area contributed by atoms with Crippen LogP contribution in [0.3, 0.4) is 0 Å². The number of aromatic amines is 1. The number of likely N-dealkylation sites (tertiary alicyclic amines) is 1. The largest absolute Gasteiger partial charge is 0.334 e. The highest BCUT2D eigenvalue weighted by Gasteiger charge is 2.30. The maximum absolute atomic E-state index is 12.3. The molecule has 0 spiro atoms. The number of carbonyl (C=O) groups is 1. The van der Waals surface area contributed by atoms with Gasteiger partial charge in [0.05, 0.1) is 6.20 Å². The predicted molar refractivity (Wildman–Crippen MR) is 70.6 cm³/mol. The molecule has 2 heterocycles. The van der Waals surface area contributed by atoms with Crippen molar-refractivity contribution in [3.8, 4) is 0 Å². The van der Waals surface area contributed by atoms with Crippen molar-refractivity contribution >= 4 is 5.91 Å². The molecule has 1 N–H and O–H groups in total. The van der Waals surface area contributed by atoms with E-state index >= 15 is 0 Å². The molecular formula is C14H16N4O. The number of benzene rings is 1. The van der Waals surface area contributed by atoms with Crippen LogP contribution in [-0.2, 0) is 6.42 Å². The molecular weight excluding hydrogens is 240 g/mol. The number of hydrogen-bond acceptors (Lipinski definition) is 3. The van der Waals surface area contributed by atoms with Crippen LogP contribution in [-0.4, -0.2) is 38.8 Å². The molecule has 98 valence electrons. The van der Waals surface area contributed by atoms with E-state index in [-0.39, 0.29) is 11.9 Å². The maximum Gasteiger partial charge on any atom is 0.276 e. The fourth-order valence-corrected chi connectivity index (χ4v) is 2.65. The first-order valence-electron chi connectivity index (χ1n) is 6.55. The fourth-order valence-electron chi connectivity index (χ4n) is 2.65. The van der Waals surface area contributed by atoms with E-state index in [1.54, 1.807) is 0 Å². The Morgan fingerprint density at radius 2 is 2.21 bits per heavy atom. The number of carbonyl (C=O) groups excluding carboxylic acids is 1. The molecule has 1 amide bonds. The zero-order chi connectivity index (χ0) is 13.1. The van der Waals surface area contributed by atoms with Crippen molar-refractivity contribution in [2.45, 2.75) is 25.3 Å². The molecule has 1 fully saturated rings. The number of aromatic nitrogens is 3. The summed E-state index contributed by atoms with van der Waals surface area (Å²) in [5.41, 5.74) is 1.67. The molecule has 1 aromatic carbocycles. The second-order valence-corrected chi connectivity index (χ2v) is 4.84. The van der Waals surface area contributed by atoms with Gasteiger partial charge in [-0.15, -0.1) is 0 Å². The summed E-state index contributed by atoms with van der Waals surface area (Å²) in [6.07, 6.45) is 4.50. The Morgan fingerprint density at radius 3 is 2.95 bits per heavy atom. The summed E-state index contributed by atoms with van der Waals surface area (Å²) in [5, 5.41) is 10.1. The SMILES string of the molecule is O=C(c1cn[nH]n1)N1CCCC1Cc1ccccc1.